The van der Waals surface area contributed by atoms with Gasteiger partial charge in [0.1, 0.15) is 5.82 Å². The predicted octanol–water partition coefficient (Wildman–Crippen LogP) is 4.27. The molecule has 0 aliphatic heterocycles. The molecule has 3 rings (SSSR count). The van der Waals surface area contributed by atoms with Crippen molar-refractivity contribution in [2.24, 2.45) is 0 Å². The summed E-state index contributed by atoms with van der Waals surface area (Å²) in [6.45, 7) is 3.09. The minimum absolute atomic E-state index is 0.163. The van der Waals surface area contributed by atoms with E-state index >= 15 is 0 Å². The monoisotopic (exact) mass is 289 g/mol. The summed E-state index contributed by atoms with van der Waals surface area (Å²) in [4.78, 5) is 3.00. The highest BCUT2D eigenvalue weighted by molar-refractivity contribution is 7.12. The van der Waals surface area contributed by atoms with E-state index in [4.69, 9.17) is 0 Å². The van der Waals surface area contributed by atoms with E-state index < -0.39 is 0 Å². The van der Waals surface area contributed by atoms with Gasteiger partial charge in [0.2, 0.25) is 0 Å². The molecular formula is C17H20FNS. The van der Waals surface area contributed by atoms with Gasteiger partial charge in [0, 0.05) is 15.8 Å². The number of halogens is 1. The van der Waals surface area contributed by atoms with Crippen LogP contribution in [0.2, 0.25) is 0 Å². The highest BCUT2D eigenvalue weighted by Crippen LogP contribution is 2.34. The third kappa shape index (κ3) is 2.94. The summed E-state index contributed by atoms with van der Waals surface area (Å²) in [5.41, 5.74) is 2.73. The molecule has 3 heteroatoms. The second kappa shape index (κ2) is 6.06. The number of nitrogens with one attached hydrogen (secondary N) is 1. The van der Waals surface area contributed by atoms with Crippen LogP contribution in [0, 0.1) is 5.82 Å². The van der Waals surface area contributed by atoms with Gasteiger partial charge in [-0.05, 0) is 61.6 Å². The van der Waals surface area contributed by atoms with Crippen LogP contribution in [0.25, 0.3) is 0 Å². The first kappa shape index (κ1) is 13.8. The van der Waals surface area contributed by atoms with Crippen LogP contribution >= 0.6 is 11.3 Å². The first-order valence-electron chi connectivity index (χ1n) is 7.35. The Kier molecular flexibility index (Phi) is 4.18. The maximum atomic E-state index is 13.0. The fourth-order valence-electron chi connectivity index (χ4n) is 2.90. The van der Waals surface area contributed by atoms with E-state index in [1.165, 1.54) is 29.7 Å². The Bertz CT molecular complexity index is 552. The van der Waals surface area contributed by atoms with Crippen LogP contribution in [0.3, 0.4) is 0 Å². The van der Waals surface area contributed by atoms with E-state index in [-0.39, 0.29) is 5.82 Å². The van der Waals surface area contributed by atoms with E-state index in [2.05, 4.69) is 18.3 Å². The maximum absolute atomic E-state index is 13.0. The van der Waals surface area contributed by atoms with Crippen molar-refractivity contribution in [1.82, 2.24) is 5.32 Å². The first-order chi connectivity index (χ1) is 9.76. The first-order valence-corrected chi connectivity index (χ1v) is 8.17. The van der Waals surface area contributed by atoms with Crippen molar-refractivity contribution < 1.29 is 4.39 Å². The molecule has 1 aliphatic rings. The fourth-order valence-corrected chi connectivity index (χ4v) is 4.23. The van der Waals surface area contributed by atoms with Crippen molar-refractivity contribution in [2.75, 3.05) is 6.54 Å². The lowest BCUT2D eigenvalue weighted by atomic mass is 10.0. The number of fused-ring (bicyclic) bond motifs is 1. The summed E-state index contributed by atoms with van der Waals surface area (Å²) in [6, 6.07) is 9.60. The van der Waals surface area contributed by atoms with Gasteiger partial charge in [-0.2, -0.15) is 0 Å². The van der Waals surface area contributed by atoms with Crippen LogP contribution in [0.5, 0.6) is 0 Å². The lowest BCUT2D eigenvalue weighted by molar-refractivity contribution is 0.556. The van der Waals surface area contributed by atoms with Crippen molar-refractivity contribution in [3.05, 3.63) is 57.0 Å². The third-order valence-corrected chi connectivity index (χ3v) is 5.26. The molecule has 1 aromatic carbocycles. The van der Waals surface area contributed by atoms with E-state index in [0.29, 0.717) is 6.04 Å². The highest BCUT2D eigenvalue weighted by atomic mass is 32.1. The Morgan fingerprint density at radius 2 is 2.05 bits per heavy atom. The average molecular weight is 289 g/mol. The molecule has 0 saturated carbocycles. The molecule has 2 aromatic rings. The van der Waals surface area contributed by atoms with Gasteiger partial charge in [-0.1, -0.05) is 19.1 Å². The Morgan fingerprint density at radius 1 is 1.25 bits per heavy atom. The van der Waals surface area contributed by atoms with Crippen LogP contribution in [0.1, 0.15) is 40.3 Å². The molecule has 1 unspecified atom stereocenters. The van der Waals surface area contributed by atoms with Crippen molar-refractivity contribution in [3.63, 3.8) is 0 Å². The lowest BCUT2D eigenvalue weighted by Crippen LogP contribution is -2.22. The summed E-state index contributed by atoms with van der Waals surface area (Å²) in [7, 11) is 0. The topological polar surface area (TPSA) is 12.0 Å². The molecule has 1 heterocycles. The summed E-state index contributed by atoms with van der Waals surface area (Å²) >= 11 is 1.96. The van der Waals surface area contributed by atoms with Crippen molar-refractivity contribution in [3.8, 4) is 0 Å². The third-order valence-electron chi connectivity index (χ3n) is 3.91. The molecule has 0 radical (unpaired) electrons. The Labute approximate surface area is 123 Å². The molecule has 0 spiro atoms. The van der Waals surface area contributed by atoms with Gasteiger partial charge in [-0.15, -0.1) is 11.3 Å². The lowest BCUT2D eigenvalue weighted by Gasteiger charge is -2.16. The summed E-state index contributed by atoms with van der Waals surface area (Å²) in [6.07, 6.45) is 4.72. The number of rotatable bonds is 5. The molecule has 106 valence electrons. The Balaban J connectivity index is 1.79. The molecule has 0 saturated heterocycles. The minimum Gasteiger partial charge on any atom is -0.309 e. The van der Waals surface area contributed by atoms with Crippen molar-refractivity contribution in [1.29, 1.82) is 0 Å². The fraction of sp³-hybridized carbons (Fsp3) is 0.412. The molecule has 0 bridgehead atoms. The zero-order valence-electron chi connectivity index (χ0n) is 11.8. The smallest absolute Gasteiger partial charge is 0.123 e. The average Bonchev–Trinajstić information content (AvgIpc) is 3.01. The van der Waals surface area contributed by atoms with Crippen molar-refractivity contribution >= 4 is 11.3 Å². The second-order valence-electron chi connectivity index (χ2n) is 5.39. The summed E-state index contributed by atoms with van der Waals surface area (Å²) < 4.78 is 13.0. The zero-order chi connectivity index (χ0) is 13.9. The van der Waals surface area contributed by atoms with Crippen LogP contribution in [0.15, 0.2) is 30.3 Å². The van der Waals surface area contributed by atoms with Gasteiger partial charge in [-0.3, -0.25) is 0 Å². The number of thiophene rings is 1. The standard InChI is InChI=1S/C17H20FNS/c1-2-19-15(10-12-6-8-14(18)9-7-12)17-11-13-4-3-5-16(13)20-17/h6-9,11,15,19H,2-5,10H2,1H3. The van der Waals surface area contributed by atoms with Crippen LogP contribution in [0.4, 0.5) is 4.39 Å². The number of hydrogen-bond acceptors (Lipinski definition) is 2. The molecule has 1 aromatic heterocycles. The molecule has 0 amide bonds. The van der Waals surface area contributed by atoms with Crippen molar-refractivity contribution in [2.45, 2.75) is 38.6 Å². The van der Waals surface area contributed by atoms with Gasteiger partial charge < -0.3 is 5.32 Å². The minimum atomic E-state index is -0.163. The Hall–Kier alpha value is -1.19. The highest BCUT2D eigenvalue weighted by Gasteiger charge is 2.20. The SMILES string of the molecule is CCNC(Cc1ccc(F)cc1)c1cc2c(s1)CCC2. The molecule has 1 atom stereocenters. The van der Waals surface area contributed by atoms with Gasteiger partial charge in [-0.25, -0.2) is 4.39 Å². The van der Waals surface area contributed by atoms with Crippen LogP contribution in [-0.4, -0.2) is 6.54 Å². The quantitative estimate of drug-likeness (QED) is 0.867. The van der Waals surface area contributed by atoms with Gasteiger partial charge in [0.05, 0.1) is 0 Å². The number of likely N-dealkylation sites (N-methyl/N-ethyl adjacent to an activating group) is 1. The number of aryl methyl sites for hydroxylation is 2. The van der Waals surface area contributed by atoms with Crippen LogP contribution < -0.4 is 5.32 Å². The van der Waals surface area contributed by atoms with E-state index in [9.17, 15) is 4.39 Å². The Morgan fingerprint density at radius 3 is 2.75 bits per heavy atom. The normalized spacial score (nSPS) is 15.3. The molecular weight excluding hydrogens is 269 g/mol. The summed E-state index contributed by atoms with van der Waals surface area (Å²) in [5, 5.41) is 3.57. The molecule has 1 aliphatic carbocycles. The zero-order valence-corrected chi connectivity index (χ0v) is 12.6. The maximum Gasteiger partial charge on any atom is 0.123 e. The predicted molar refractivity (Wildman–Crippen MR) is 82.9 cm³/mol. The summed E-state index contributed by atoms with van der Waals surface area (Å²) in [5.74, 6) is -0.163. The number of benzene rings is 1. The van der Waals surface area contributed by atoms with E-state index in [1.54, 1.807) is 22.6 Å². The molecule has 1 N–H and O–H groups in total. The second-order valence-corrected chi connectivity index (χ2v) is 6.56. The molecule has 20 heavy (non-hydrogen) atoms. The van der Waals surface area contributed by atoms with Crippen LogP contribution in [-0.2, 0) is 19.3 Å². The van der Waals surface area contributed by atoms with Gasteiger partial charge >= 0.3 is 0 Å². The van der Waals surface area contributed by atoms with E-state index in [1.807, 2.05) is 23.5 Å². The molecule has 1 nitrogen and oxygen atoms in total. The molecule has 0 fully saturated rings. The van der Waals surface area contributed by atoms with Gasteiger partial charge in [0.25, 0.3) is 0 Å². The van der Waals surface area contributed by atoms with E-state index in [0.717, 1.165) is 13.0 Å². The van der Waals surface area contributed by atoms with Gasteiger partial charge in [0.15, 0.2) is 0 Å². The largest absolute Gasteiger partial charge is 0.309 e. The number of hydrogen-bond donors (Lipinski definition) is 1.